The Balaban J connectivity index is 1.60. The van der Waals surface area contributed by atoms with Gasteiger partial charge in [-0.15, -0.1) is 0 Å². The van der Waals surface area contributed by atoms with Crippen molar-refractivity contribution in [2.75, 3.05) is 33.7 Å². The van der Waals surface area contributed by atoms with Gasteiger partial charge in [-0.2, -0.15) is 0 Å². The van der Waals surface area contributed by atoms with Crippen molar-refractivity contribution in [2.24, 2.45) is 0 Å². The van der Waals surface area contributed by atoms with Crippen molar-refractivity contribution in [3.63, 3.8) is 0 Å². The van der Waals surface area contributed by atoms with Gasteiger partial charge in [-0.05, 0) is 94.9 Å². The average Bonchev–Trinajstić information content (AvgIpc) is 3.62. The molecule has 2 heterocycles. The summed E-state index contributed by atoms with van der Waals surface area (Å²) >= 11 is 0. The van der Waals surface area contributed by atoms with Crippen LogP contribution in [0.25, 0.3) is 0 Å². The van der Waals surface area contributed by atoms with Crippen molar-refractivity contribution < 1.29 is 33.5 Å². The highest BCUT2D eigenvalue weighted by Crippen LogP contribution is 2.58. The van der Waals surface area contributed by atoms with Gasteiger partial charge in [-0.3, -0.25) is 14.3 Å². The lowest BCUT2D eigenvalue weighted by Crippen LogP contribution is -2.68. The number of ether oxygens (including phenoxy) is 6. The molecule has 6 aromatic rings. The van der Waals surface area contributed by atoms with Crippen molar-refractivity contribution in [1.29, 1.82) is 0 Å². The number of nitrogen functional groups attached to an aromatic ring is 1. The van der Waals surface area contributed by atoms with Crippen LogP contribution in [0.2, 0.25) is 18.1 Å². The molecule has 0 amide bonds. The number of aromatic nitrogens is 2. The summed E-state index contributed by atoms with van der Waals surface area (Å²) in [4.78, 5) is 29.9. The molecule has 1 aliphatic rings. The molecule has 5 aromatic carbocycles. The predicted molar refractivity (Wildman–Crippen MR) is 256 cm³/mol. The number of H-pyrrole nitrogens is 1. The number of nitrogens with two attached hydrogens (primary N) is 1. The molecule has 4 N–H and O–H groups in total. The largest absolute Gasteiger partial charge is 0.497 e. The lowest BCUT2D eigenvalue weighted by Gasteiger charge is -2.53. The molecular weight excluding hydrogens is 839 g/mol. The molecule has 1 unspecified atom stereocenters. The van der Waals surface area contributed by atoms with E-state index in [-0.39, 0.29) is 25.2 Å². The summed E-state index contributed by atoms with van der Waals surface area (Å²) in [5.74, 6) is 2.43. The van der Waals surface area contributed by atoms with Crippen LogP contribution in [0.15, 0.2) is 143 Å². The van der Waals surface area contributed by atoms with Crippen molar-refractivity contribution >= 4 is 13.8 Å². The predicted octanol–water partition coefficient (Wildman–Crippen LogP) is 8.37. The fraction of sp³-hybridized carbons (Fsp3) is 0.346. The lowest BCUT2D eigenvalue weighted by molar-refractivity contribution is -0.182. The van der Waals surface area contributed by atoms with E-state index in [0.717, 1.165) is 22.3 Å². The molecule has 0 radical (unpaired) electrons. The fourth-order valence-electron chi connectivity index (χ4n) is 9.15. The van der Waals surface area contributed by atoms with Crippen molar-refractivity contribution in [2.45, 2.75) is 87.4 Å². The minimum atomic E-state index is -3.10. The van der Waals surface area contributed by atoms with Crippen LogP contribution in [0.5, 0.6) is 23.0 Å². The number of methoxy groups -OCH3 is 3. The lowest BCUT2D eigenvalue weighted by atomic mass is 9.63. The highest BCUT2D eigenvalue weighted by molar-refractivity contribution is 6.83. The molecule has 13 heteroatoms. The van der Waals surface area contributed by atoms with E-state index in [0.29, 0.717) is 28.7 Å². The van der Waals surface area contributed by atoms with Gasteiger partial charge in [0.25, 0.3) is 5.56 Å². The summed E-state index contributed by atoms with van der Waals surface area (Å²) in [6.45, 7) is 12.2. The molecule has 7 rings (SSSR count). The van der Waals surface area contributed by atoms with Crippen LogP contribution in [-0.4, -0.2) is 68.1 Å². The first-order chi connectivity index (χ1) is 30.9. The van der Waals surface area contributed by atoms with Gasteiger partial charge in [0.05, 0.1) is 46.6 Å². The van der Waals surface area contributed by atoms with E-state index in [1.807, 2.05) is 91.0 Å². The van der Waals surface area contributed by atoms with Gasteiger partial charge < -0.3 is 39.3 Å². The van der Waals surface area contributed by atoms with Gasteiger partial charge in [0.1, 0.15) is 41.8 Å². The molecule has 65 heavy (non-hydrogen) atoms. The quantitative estimate of drug-likeness (QED) is 0.0490. The Morgan fingerprint density at radius 2 is 1.34 bits per heavy atom. The third-order valence-corrected chi connectivity index (χ3v) is 20.2. The summed E-state index contributed by atoms with van der Waals surface area (Å²) in [5, 5.41) is 12.3. The van der Waals surface area contributed by atoms with E-state index in [1.165, 1.54) is 10.8 Å². The summed E-state index contributed by atoms with van der Waals surface area (Å²) in [7, 11) is 1.77. The molecule has 0 aliphatic carbocycles. The maximum absolute atomic E-state index is 14.4. The van der Waals surface area contributed by atoms with Crippen LogP contribution >= 0.6 is 0 Å². The Morgan fingerprint density at radius 1 is 0.785 bits per heavy atom. The number of anilines is 1. The number of aromatic amines is 1. The van der Waals surface area contributed by atoms with E-state index < -0.39 is 52.9 Å². The Labute approximate surface area is 381 Å². The molecule has 342 valence electrons. The number of rotatable bonds is 16. The molecular formula is C52H61N3O9Si. The van der Waals surface area contributed by atoms with E-state index in [2.05, 4.69) is 51.0 Å². The molecule has 1 saturated heterocycles. The molecule has 12 nitrogen and oxygen atoms in total. The van der Waals surface area contributed by atoms with E-state index in [9.17, 15) is 14.7 Å². The number of hydrogen-bond donors (Lipinski definition) is 3. The standard InChI is InChI=1S/C52H61N3O9Si/c1-35-31-55(48(57)54-47(35)56)50(34-63-43-28-22-40(53)23-29-43)33-51(58,65(8,9)49(2,3)4)45(64-50)46(62-32-36-14-13-17-44(30-36)61-7)52(37-15-11-10-12-16-37,38-18-24-41(59-5)25-19-38)39-20-26-42(60-6)27-21-39/h10-31,45-46,58H,32-34,53H2,1-9H3,(H,54,56,57)/t45-,46?,50+,51-/m1/s1. The fourth-order valence-corrected chi connectivity index (χ4v) is 12.1. The highest BCUT2D eigenvalue weighted by atomic mass is 28.3. The van der Waals surface area contributed by atoms with Gasteiger partial charge in [0.15, 0.2) is 5.72 Å². The summed E-state index contributed by atoms with van der Waals surface area (Å²) in [6, 6.07) is 40.4. The maximum atomic E-state index is 14.4. The number of nitrogens with zero attached hydrogens (tertiary/aromatic N) is 1. The highest BCUT2D eigenvalue weighted by Gasteiger charge is 2.70. The molecule has 0 spiro atoms. The van der Waals surface area contributed by atoms with Crippen molar-refractivity contribution in [1.82, 2.24) is 9.55 Å². The molecule has 4 atom stereocenters. The van der Waals surface area contributed by atoms with E-state index in [4.69, 9.17) is 34.2 Å². The second-order valence-electron chi connectivity index (χ2n) is 18.5. The minimum Gasteiger partial charge on any atom is -0.497 e. The first-order valence-electron chi connectivity index (χ1n) is 21.7. The first kappa shape index (κ1) is 46.9. The second kappa shape index (κ2) is 18.4. The number of hydrogen-bond acceptors (Lipinski definition) is 10. The maximum Gasteiger partial charge on any atom is 0.330 e. The zero-order valence-electron chi connectivity index (χ0n) is 38.7. The van der Waals surface area contributed by atoms with E-state index in [1.54, 1.807) is 52.5 Å². The van der Waals surface area contributed by atoms with Crippen LogP contribution in [0.3, 0.4) is 0 Å². The van der Waals surface area contributed by atoms with Gasteiger partial charge in [-0.25, -0.2) is 4.79 Å². The van der Waals surface area contributed by atoms with Crippen LogP contribution in [0.1, 0.15) is 55.0 Å². The van der Waals surface area contributed by atoms with Gasteiger partial charge in [0.2, 0.25) is 0 Å². The summed E-state index contributed by atoms with van der Waals surface area (Å²) in [6.07, 6.45) is -0.857. The molecule has 1 fully saturated rings. The monoisotopic (exact) mass is 899 g/mol. The van der Waals surface area contributed by atoms with Crippen LogP contribution in [0, 0.1) is 6.92 Å². The zero-order chi connectivity index (χ0) is 46.8. The third-order valence-electron chi connectivity index (χ3n) is 13.8. The smallest absolute Gasteiger partial charge is 0.330 e. The normalized spacial score (nSPS) is 19.4. The Morgan fingerprint density at radius 3 is 1.89 bits per heavy atom. The topological polar surface area (TPSA) is 156 Å². The average molecular weight is 900 g/mol. The van der Waals surface area contributed by atoms with Gasteiger partial charge in [-0.1, -0.05) is 101 Å². The zero-order valence-corrected chi connectivity index (χ0v) is 39.7. The summed E-state index contributed by atoms with van der Waals surface area (Å²) < 4.78 is 40.3. The molecule has 0 saturated carbocycles. The number of aryl methyl sites for hydroxylation is 1. The summed E-state index contributed by atoms with van der Waals surface area (Å²) in [5.41, 5.74) is 6.00. The van der Waals surface area contributed by atoms with Crippen LogP contribution in [0.4, 0.5) is 5.69 Å². The number of benzene rings is 5. The number of aliphatic hydroxyl groups is 1. The first-order valence-corrected chi connectivity index (χ1v) is 24.7. The van der Waals surface area contributed by atoms with Gasteiger partial charge in [0, 0.05) is 23.9 Å². The Bertz CT molecular complexity index is 2630. The SMILES string of the molecule is COc1ccc(C(c2ccccc2)(c2ccc(OC)cc2)C(OCc2cccc(OC)c2)[C@H]2O[C@@](COc3ccc(N)cc3)(n3cc(C)c(=O)[nH]c3=O)C[C@@]2(O)[Si](C)(C)C(C)(C)C)cc1. The molecule has 1 aromatic heterocycles. The van der Waals surface area contributed by atoms with Crippen LogP contribution < -0.4 is 35.9 Å². The Kier molecular flexibility index (Phi) is 13.3. The number of nitrogens with one attached hydrogen (secondary N) is 1. The van der Waals surface area contributed by atoms with Gasteiger partial charge >= 0.3 is 5.69 Å². The molecule has 0 bridgehead atoms. The van der Waals surface area contributed by atoms with Crippen LogP contribution in [-0.2, 0) is 27.2 Å². The third kappa shape index (κ3) is 8.73. The van der Waals surface area contributed by atoms with E-state index >= 15 is 0 Å². The Hall–Kier alpha value is -6.12. The van der Waals surface area contributed by atoms with Crippen molar-refractivity contribution in [3.8, 4) is 23.0 Å². The minimum absolute atomic E-state index is 0.0723. The second-order valence-corrected chi connectivity index (χ2v) is 24.1. The molecule has 1 aliphatic heterocycles. The van der Waals surface area contributed by atoms with Crippen molar-refractivity contribution in [3.05, 3.63) is 182 Å².